The van der Waals surface area contributed by atoms with Crippen LogP contribution in [-0.2, 0) is 33.0 Å². The highest BCUT2D eigenvalue weighted by atomic mass is 32.2. The molecule has 0 amide bonds. The summed E-state index contributed by atoms with van der Waals surface area (Å²) in [5, 5.41) is 0. The predicted octanol–water partition coefficient (Wildman–Crippen LogP) is 2.85. The third-order valence-corrected chi connectivity index (χ3v) is 9.97. The topological polar surface area (TPSA) is 114 Å². The molecule has 12 heteroatoms. The van der Waals surface area contributed by atoms with Crippen LogP contribution in [0, 0.1) is 0 Å². The van der Waals surface area contributed by atoms with E-state index in [0.717, 1.165) is 16.7 Å². The molecule has 1 aromatic heterocycles. The number of hydrogen-bond donors (Lipinski definition) is 0. The molecule has 0 atom stereocenters. The van der Waals surface area contributed by atoms with Crippen molar-refractivity contribution in [2.75, 3.05) is 38.7 Å². The van der Waals surface area contributed by atoms with Crippen LogP contribution < -0.4 is 10.2 Å². The van der Waals surface area contributed by atoms with Gasteiger partial charge in [0.1, 0.15) is 23.5 Å². The Bertz CT molecular complexity index is 1510. The quantitative estimate of drug-likeness (QED) is 0.362. The Morgan fingerprint density at radius 2 is 1.59 bits per heavy atom. The number of sulfone groups is 1. The summed E-state index contributed by atoms with van der Waals surface area (Å²) in [5.74, 6) is 0.568. The third kappa shape index (κ3) is 6.63. The normalized spacial score (nSPS) is 15.5. The summed E-state index contributed by atoms with van der Waals surface area (Å²) in [6.45, 7) is 1.74. The molecule has 0 spiro atoms. The van der Waals surface area contributed by atoms with Crippen LogP contribution in [0.5, 0.6) is 5.75 Å². The van der Waals surface area contributed by atoms with Crippen molar-refractivity contribution in [1.82, 2.24) is 9.21 Å². The minimum absolute atomic E-state index is 0.123. The van der Waals surface area contributed by atoms with Crippen LogP contribution >= 0.6 is 11.8 Å². The molecule has 0 radical (unpaired) electrons. The van der Waals surface area contributed by atoms with E-state index in [0.29, 0.717) is 25.4 Å². The largest absolute Gasteiger partial charge is 0.482 e. The summed E-state index contributed by atoms with van der Waals surface area (Å²) >= 11 is 1.65. The van der Waals surface area contributed by atoms with Crippen molar-refractivity contribution in [2.45, 2.75) is 27.8 Å². The van der Waals surface area contributed by atoms with Crippen LogP contribution in [0.4, 0.5) is 0 Å². The number of nitrogens with zero attached hydrogens (tertiary/aromatic N) is 2. The lowest BCUT2D eigenvalue weighted by atomic mass is 10.2. The summed E-state index contributed by atoms with van der Waals surface area (Å²) in [6.07, 6.45) is 4.30. The highest BCUT2D eigenvalue weighted by molar-refractivity contribution is 7.98. The van der Waals surface area contributed by atoms with Gasteiger partial charge in [0.2, 0.25) is 21.2 Å². The molecule has 9 nitrogen and oxygen atoms in total. The Labute approximate surface area is 221 Å². The first-order valence-corrected chi connectivity index (χ1v) is 16.0. The van der Waals surface area contributed by atoms with Gasteiger partial charge in [-0.2, -0.15) is 4.31 Å². The number of sulfonamides is 1. The fourth-order valence-corrected chi connectivity index (χ4v) is 7.40. The van der Waals surface area contributed by atoms with Crippen molar-refractivity contribution in [3.63, 3.8) is 0 Å². The van der Waals surface area contributed by atoms with E-state index in [9.17, 15) is 21.6 Å². The summed E-state index contributed by atoms with van der Waals surface area (Å²) in [6, 6.07) is 14.9. The molecule has 37 heavy (non-hydrogen) atoms. The maximum atomic E-state index is 13.2. The Morgan fingerprint density at radius 1 is 0.946 bits per heavy atom. The van der Waals surface area contributed by atoms with Crippen LogP contribution in [0.25, 0.3) is 0 Å². The van der Waals surface area contributed by atoms with Gasteiger partial charge in [-0.1, -0.05) is 24.3 Å². The smallest absolute Gasteiger partial charge is 0.244 e. The van der Waals surface area contributed by atoms with Gasteiger partial charge in [0.25, 0.3) is 0 Å². The van der Waals surface area contributed by atoms with E-state index in [1.165, 1.54) is 40.9 Å². The first-order chi connectivity index (χ1) is 17.6. The number of piperazine rings is 1. The number of benzene rings is 2. The van der Waals surface area contributed by atoms with Gasteiger partial charge in [0.15, 0.2) is 9.84 Å². The van der Waals surface area contributed by atoms with E-state index < -0.39 is 19.9 Å². The van der Waals surface area contributed by atoms with Crippen molar-refractivity contribution in [3.05, 3.63) is 82.4 Å². The molecular formula is C25H28N2O7S3. The molecule has 2 aromatic carbocycles. The second kappa shape index (κ2) is 11.4. The van der Waals surface area contributed by atoms with Crippen molar-refractivity contribution in [1.29, 1.82) is 0 Å². The summed E-state index contributed by atoms with van der Waals surface area (Å²) < 4.78 is 63.0. The molecule has 0 aliphatic carbocycles. The van der Waals surface area contributed by atoms with E-state index in [-0.39, 0.29) is 40.7 Å². The van der Waals surface area contributed by atoms with Crippen LogP contribution in [0.1, 0.15) is 11.3 Å². The second-order valence-electron chi connectivity index (χ2n) is 8.61. The van der Waals surface area contributed by atoms with Crippen molar-refractivity contribution in [3.8, 4) is 5.75 Å². The standard InChI is InChI=1S/C25H28N2O7S3/c1-35-21-9-7-19(8-10-21)17-34-23-18-33-20(15-22(23)28)16-26-11-13-27(14-12-26)37(31,32)25-6-4-3-5-24(25)36(2,29)30/h3-10,15,18H,11-14,16-17H2,1-2H3. The predicted molar refractivity (Wildman–Crippen MR) is 141 cm³/mol. The van der Waals surface area contributed by atoms with Gasteiger partial charge in [-0.15, -0.1) is 11.8 Å². The zero-order chi connectivity index (χ0) is 26.6. The lowest BCUT2D eigenvalue weighted by Gasteiger charge is -2.33. The van der Waals surface area contributed by atoms with Crippen LogP contribution in [0.3, 0.4) is 0 Å². The van der Waals surface area contributed by atoms with Crippen LogP contribution in [-0.4, -0.2) is 64.7 Å². The average Bonchev–Trinajstić information content (AvgIpc) is 2.88. The number of ether oxygens (including phenoxy) is 1. The molecule has 198 valence electrons. The van der Waals surface area contributed by atoms with Gasteiger partial charge in [-0.25, -0.2) is 16.8 Å². The summed E-state index contributed by atoms with van der Waals surface area (Å²) in [5.41, 5.74) is 0.647. The van der Waals surface area contributed by atoms with Crippen LogP contribution in [0.15, 0.2) is 84.8 Å². The average molecular weight is 565 g/mol. The fraction of sp³-hybridized carbons (Fsp3) is 0.320. The van der Waals surface area contributed by atoms with E-state index in [4.69, 9.17) is 9.15 Å². The van der Waals surface area contributed by atoms with Crippen molar-refractivity contribution < 1.29 is 26.0 Å². The molecule has 0 saturated carbocycles. The molecule has 1 aliphatic rings. The minimum atomic E-state index is -3.98. The first-order valence-electron chi connectivity index (χ1n) is 11.5. The second-order valence-corrected chi connectivity index (χ2v) is 13.4. The molecule has 4 rings (SSSR count). The fourth-order valence-electron chi connectivity index (χ4n) is 3.97. The van der Waals surface area contributed by atoms with Gasteiger partial charge in [-0.05, 0) is 36.1 Å². The summed E-state index contributed by atoms with van der Waals surface area (Å²) in [7, 11) is -7.69. The highest BCUT2D eigenvalue weighted by Gasteiger charge is 2.32. The Morgan fingerprint density at radius 3 is 2.19 bits per heavy atom. The lowest BCUT2D eigenvalue weighted by Crippen LogP contribution is -2.48. The molecule has 1 saturated heterocycles. The monoisotopic (exact) mass is 564 g/mol. The Hall–Kier alpha value is -2.64. The zero-order valence-electron chi connectivity index (χ0n) is 20.5. The molecule has 0 bridgehead atoms. The molecule has 0 unspecified atom stereocenters. The Kier molecular flexibility index (Phi) is 8.44. The SMILES string of the molecule is CSc1ccc(COc2coc(CN3CCN(S(=O)(=O)c4ccccc4S(C)(=O)=O)CC3)cc2=O)cc1. The van der Waals surface area contributed by atoms with Gasteiger partial charge < -0.3 is 9.15 Å². The number of rotatable bonds is 9. The van der Waals surface area contributed by atoms with Gasteiger partial charge in [-0.3, -0.25) is 9.69 Å². The number of thioether (sulfide) groups is 1. The Balaban J connectivity index is 1.35. The van der Waals surface area contributed by atoms with Gasteiger partial charge >= 0.3 is 0 Å². The van der Waals surface area contributed by atoms with Crippen molar-refractivity contribution >= 4 is 31.6 Å². The summed E-state index contributed by atoms with van der Waals surface area (Å²) in [4.78, 5) is 15.2. The van der Waals surface area contributed by atoms with Gasteiger partial charge in [0.05, 0.1) is 11.4 Å². The molecule has 3 aromatic rings. The van der Waals surface area contributed by atoms with E-state index in [1.807, 2.05) is 35.4 Å². The molecule has 0 N–H and O–H groups in total. The van der Waals surface area contributed by atoms with E-state index >= 15 is 0 Å². The minimum Gasteiger partial charge on any atom is -0.482 e. The van der Waals surface area contributed by atoms with E-state index in [2.05, 4.69) is 0 Å². The molecule has 1 aliphatic heterocycles. The number of hydrogen-bond acceptors (Lipinski definition) is 9. The molecular weight excluding hydrogens is 536 g/mol. The van der Waals surface area contributed by atoms with E-state index in [1.54, 1.807) is 11.8 Å². The molecule has 2 heterocycles. The third-order valence-electron chi connectivity index (χ3n) is 5.98. The molecule has 1 fully saturated rings. The zero-order valence-corrected chi connectivity index (χ0v) is 22.9. The van der Waals surface area contributed by atoms with Crippen LogP contribution in [0.2, 0.25) is 0 Å². The highest BCUT2D eigenvalue weighted by Crippen LogP contribution is 2.25. The maximum Gasteiger partial charge on any atom is 0.244 e. The first kappa shape index (κ1) is 27.4. The van der Waals surface area contributed by atoms with Gasteiger partial charge in [0, 0.05) is 43.4 Å². The maximum absolute atomic E-state index is 13.2. The van der Waals surface area contributed by atoms with Crippen molar-refractivity contribution in [2.24, 2.45) is 0 Å². The lowest BCUT2D eigenvalue weighted by molar-refractivity contribution is 0.168.